The maximum absolute atomic E-state index is 11.8. The molecule has 2 N–H and O–H groups in total. The van der Waals surface area contributed by atoms with Crippen molar-refractivity contribution in [3.8, 4) is 0 Å². The summed E-state index contributed by atoms with van der Waals surface area (Å²) in [7, 11) is 1.59. The molecule has 1 rings (SSSR count). The van der Waals surface area contributed by atoms with Crippen molar-refractivity contribution in [3.63, 3.8) is 0 Å². The summed E-state index contributed by atoms with van der Waals surface area (Å²) in [5.74, 6) is -1.49. The molecule has 0 unspecified atom stereocenters. The summed E-state index contributed by atoms with van der Waals surface area (Å²) in [6, 6.07) is 6.82. The third-order valence-corrected chi connectivity index (χ3v) is 2.49. The summed E-state index contributed by atoms with van der Waals surface area (Å²) in [5, 5.41) is 11.4. The van der Waals surface area contributed by atoms with Crippen LogP contribution in [0.1, 0.15) is 29.8 Å². The Hall–Kier alpha value is -1.88. The fraction of sp³-hybridized carbons (Fsp3) is 0.385. The van der Waals surface area contributed by atoms with Crippen LogP contribution >= 0.6 is 0 Å². The third-order valence-electron chi connectivity index (χ3n) is 2.49. The van der Waals surface area contributed by atoms with Crippen LogP contribution in [0.2, 0.25) is 0 Å². The smallest absolute Gasteiger partial charge is 0.328 e. The van der Waals surface area contributed by atoms with Gasteiger partial charge in [0.2, 0.25) is 0 Å². The van der Waals surface area contributed by atoms with Gasteiger partial charge in [-0.25, -0.2) is 4.79 Å². The Morgan fingerprint density at radius 2 is 1.83 bits per heavy atom. The first-order chi connectivity index (χ1) is 8.36. The largest absolute Gasteiger partial charge is 0.480 e. The van der Waals surface area contributed by atoms with Crippen molar-refractivity contribution in [2.75, 3.05) is 7.11 Å². The number of ether oxygens (including phenoxy) is 1. The van der Waals surface area contributed by atoms with Gasteiger partial charge in [-0.05, 0) is 31.5 Å². The number of hydrogen-bond donors (Lipinski definition) is 2. The van der Waals surface area contributed by atoms with Gasteiger partial charge in [-0.15, -0.1) is 0 Å². The summed E-state index contributed by atoms with van der Waals surface area (Å²) in [4.78, 5) is 22.7. The Labute approximate surface area is 106 Å². The van der Waals surface area contributed by atoms with Gasteiger partial charge in [0.25, 0.3) is 5.91 Å². The lowest BCUT2D eigenvalue weighted by atomic mass is 10.0. The minimum Gasteiger partial charge on any atom is -0.480 e. The maximum atomic E-state index is 11.8. The average Bonchev–Trinajstić information content (AvgIpc) is 2.29. The van der Waals surface area contributed by atoms with Crippen LogP contribution in [0.25, 0.3) is 0 Å². The molecular formula is C13H17NO4. The molecule has 0 spiro atoms. The standard InChI is InChI=1S/C13H17NO4/c1-13(2,12(16)17)14-11(15)10-6-4-9(5-7-10)8-18-3/h4-7H,8H2,1-3H3,(H,14,15)(H,16,17). The molecule has 0 aliphatic heterocycles. The second kappa shape index (κ2) is 5.64. The molecule has 0 saturated heterocycles. The van der Waals surface area contributed by atoms with E-state index in [9.17, 15) is 9.59 Å². The minimum absolute atomic E-state index is 0.411. The van der Waals surface area contributed by atoms with E-state index >= 15 is 0 Å². The van der Waals surface area contributed by atoms with Crippen LogP contribution in [0.4, 0.5) is 0 Å². The molecule has 98 valence electrons. The fourth-order valence-corrected chi connectivity index (χ4v) is 1.33. The monoisotopic (exact) mass is 251 g/mol. The van der Waals surface area contributed by atoms with E-state index in [1.807, 2.05) is 0 Å². The number of amides is 1. The number of carboxylic acids is 1. The first kappa shape index (κ1) is 14.2. The van der Waals surface area contributed by atoms with Crippen molar-refractivity contribution < 1.29 is 19.4 Å². The van der Waals surface area contributed by atoms with Crippen LogP contribution < -0.4 is 5.32 Å². The molecule has 5 nitrogen and oxygen atoms in total. The van der Waals surface area contributed by atoms with Crippen LogP contribution in [0.3, 0.4) is 0 Å². The Kier molecular flexibility index (Phi) is 4.44. The van der Waals surface area contributed by atoms with Crippen molar-refractivity contribution in [1.29, 1.82) is 0 Å². The zero-order valence-electron chi connectivity index (χ0n) is 10.7. The summed E-state index contributed by atoms with van der Waals surface area (Å²) in [6.45, 7) is 3.35. The van der Waals surface area contributed by atoms with E-state index in [0.717, 1.165) is 5.56 Å². The predicted octanol–water partition coefficient (Wildman–Crippen LogP) is 1.43. The van der Waals surface area contributed by atoms with Gasteiger partial charge in [0.1, 0.15) is 5.54 Å². The normalized spacial score (nSPS) is 11.1. The molecule has 1 amide bonds. The first-order valence-corrected chi connectivity index (χ1v) is 5.50. The van der Waals surface area contributed by atoms with E-state index in [1.165, 1.54) is 13.8 Å². The number of carbonyl (C=O) groups is 2. The summed E-state index contributed by atoms with van der Waals surface area (Å²) < 4.78 is 4.96. The zero-order valence-corrected chi connectivity index (χ0v) is 10.7. The van der Waals surface area contributed by atoms with E-state index in [4.69, 9.17) is 9.84 Å². The zero-order chi connectivity index (χ0) is 13.8. The molecule has 0 radical (unpaired) electrons. The highest BCUT2D eigenvalue weighted by molar-refractivity contribution is 5.97. The molecule has 0 saturated carbocycles. The van der Waals surface area contributed by atoms with Gasteiger partial charge in [-0.3, -0.25) is 4.79 Å². The van der Waals surface area contributed by atoms with E-state index in [1.54, 1.807) is 31.4 Å². The molecule has 0 aromatic heterocycles. The van der Waals surface area contributed by atoms with Crippen molar-refractivity contribution in [3.05, 3.63) is 35.4 Å². The van der Waals surface area contributed by atoms with Crippen LogP contribution in [-0.2, 0) is 16.1 Å². The number of rotatable bonds is 5. The molecular weight excluding hydrogens is 234 g/mol. The van der Waals surface area contributed by atoms with E-state index in [2.05, 4.69) is 5.32 Å². The highest BCUT2D eigenvalue weighted by Gasteiger charge is 2.29. The predicted molar refractivity (Wildman–Crippen MR) is 66.3 cm³/mol. The van der Waals surface area contributed by atoms with Crippen LogP contribution in [0.5, 0.6) is 0 Å². The quantitative estimate of drug-likeness (QED) is 0.830. The molecule has 18 heavy (non-hydrogen) atoms. The molecule has 1 aromatic rings. The Balaban J connectivity index is 2.76. The number of methoxy groups -OCH3 is 1. The molecule has 0 atom stereocenters. The minimum atomic E-state index is -1.29. The highest BCUT2D eigenvalue weighted by Crippen LogP contribution is 2.08. The first-order valence-electron chi connectivity index (χ1n) is 5.50. The van der Waals surface area contributed by atoms with Crippen LogP contribution in [-0.4, -0.2) is 29.6 Å². The lowest BCUT2D eigenvalue weighted by molar-refractivity contribution is -0.143. The van der Waals surface area contributed by atoms with Gasteiger partial charge in [0.05, 0.1) is 6.61 Å². The second-order valence-electron chi connectivity index (χ2n) is 4.51. The summed E-state index contributed by atoms with van der Waals surface area (Å²) >= 11 is 0. The van der Waals surface area contributed by atoms with Crippen LogP contribution in [0, 0.1) is 0 Å². The van der Waals surface area contributed by atoms with Gasteiger partial charge in [-0.2, -0.15) is 0 Å². The van der Waals surface area contributed by atoms with E-state index in [-0.39, 0.29) is 0 Å². The number of aliphatic carboxylic acids is 1. The summed E-state index contributed by atoms with van der Waals surface area (Å²) in [6.07, 6.45) is 0. The number of carboxylic acid groups (broad SMARTS) is 1. The molecule has 0 aliphatic carbocycles. The average molecular weight is 251 g/mol. The summed E-state index contributed by atoms with van der Waals surface area (Å²) in [5.41, 5.74) is 0.0816. The van der Waals surface area contributed by atoms with Crippen molar-refractivity contribution in [2.45, 2.75) is 26.0 Å². The topological polar surface area (TPSA) is 75.6 Å². The SMILES string of the molecule is COCc1ccc(C(=O)NC(C)(C)C(=O)O)cc1. The van der Waals surface area contributed by atoms with Gasteiger partial charge < -0.3 is 15.2 Å². The molecule has 0 aliphatic rings. The number of hydrogen-bond acceptors (Lipinski definition) is 3. The fourth-order valence-electron chi connectivity index (χ4n) is 1.33. The van der Waals surface area contributed by atoms with Gasteiger partial charge in [0.15, 0.2) is 0 Å². The van der Waals surface area contributed by atoms with Crippen LogP contribution in [0.15, 0.2) is 24.3 Å². The molecule has 0 fully saturated rings. The Morgan fingerprint density at radius 1 is 1.28 bits per heavy atom. The lowest BCUT2D eigenvalue weighted by Gasteiger charge is -2.20. The number of benzene rings is 1. The molecule has 1 aromatic carbocycles. The Bertz CT molecular complexity index is 437. The molecule has 5 heteroatoms. The third kappa shape index (κ3) is 3.56. The second-order valence-corrected chi connectivity index (χ2v) is 4.51. The number of nitrogens with one attached hydrogen (secondary N) is 1. The van der Waals surface area contributed by atoms with Crippen molar-refractivity contribution >= 4 is 11.9 Å². The van der Waals surface area contributed by atoms with E-state index in [0.29, 0.717) is 12.2 Å². The van der Waals surface area contributed by atoms with Gasteiger partial charge >= 0.3 is 5.97 Å². The van der Waals surface area contributed by atoms with Gasteiger partial charge in [0, 0.05) is 12.7 Å². The maximum Gasteiger partial charge on any atom is 0.328 e. The van der Waals surface area contributed by atoms with Crippen molar-refractivity contribution in [1.82, 2.24) is 5.32 Å². The van der Waals surface area contributed by atoms with Crippen molar-refractivity contribution in [2.24, 2.45) is 0 Å². The highest BCUT2D eigenvalue weighted by atomic mass is 16.5. The van der Waals surface area contributed by atoms with E-state index < -0.39 is 17.4 Å². The lowest BCUT2D eigenvalue weighted by Crippen LogP contribution is -2.49. The molecule has 0 heterocycles. The Morgan fingerprint density at radius 3 is 2.28 bits per heavy atom. The number of carbonyl (C=O) groups excluding carboxylic acids is 1. The molecule has 0 bridgehead atoms. The van der Waals surface area contributed by atoms with Gasteiger partial charge in [-0.1, -0.05) is 12.1 Å².